The van der Waals surface area contributed by atoms with Crippen LogP contribution < -0.4 is 5.32 Å². The Bertz CT molecular complexity index is 399. The Hall–Kier alpha value is -0.420. The van der Waals surface area contributed by atoms with Crippen LogP contribution in [0.15, 0.2) is 5.51 Å². The Morgan fingerprint density at radius 2 is 2.29 bits per heavy atom. The quantitative estimate of drug-likeness (QED) is 0.867. The van der Waals surface area contributed by atoms with Gasteiger partial charge < -0.3 is 5.32 Å². The Morgan fingerprint density at radius 1 is 1.59 bits per heavy atom. The van der Waals surface area contributed by atoms with Crippen molar-refractivity contribution in [2.75, 3.05) is 11.9 Å². The summed E-state index contributed by atoms with van der Waals surface area (Å²) in [6.07, 6.45) is 4.97. The van der Waals surface area contributed by atoms with E-state index in [9.17, 15) is 4.79 Å². The Balaban J connectivity index is 1.94. The summed E-state index contributed by atoms with van der Waals surface area (Å²) >= 11 is 5.00. The highest BCUT2D eigenvalue weighted by Gasteiger charge is 2.33. The van der Waals surface area contributed by atoms with Crippen molar-refractivity contribution in [3.63, 3.8) is 0 Å². The highest BCUT2D eigenvalue weighted by molar-refractivity contribution is 9.09. The summed E-state index contributed by atoms with van der Waals surface area (Å²) in [5, 5.41) is 4.04. The number of rotatable bonds is 4. The predicted molar refractivity (Wildman–Crippen MR) is 73.9 cm³/mol. The number of aryl methyl sites for hydroxylation is 1. The minimum absolute atomic E-state index is 0.0252. The van der Waals surface area contributed by atoms with E-state index >= 15 is 0 Å². The lowest BCUT2D eigenvalue weighted by molar-refractivity contribution is 0.0939. The van der Waals surface area contributed by atoms with Crippen molar-refractivity contribution in [3.05, 3.63) is 16.1 Å². The van der Waals surface area contributed by atoms with Gasteiger partial charge in [0.05, 0.1) is 11.2 Å². The summed E-state index contributed by atoms with van der Waals surface area (Å²) in [4.78, 5) is 16.8. The molecular formula is C12H17BrN2OS. The SMILES string of the molecule is Cc1ncsc1C(=O)NCC1(CBr)CCCC1. The predicted octanol–water partition coefficient (Wildman–Crippen LogP) is 3.14. The summed E-state index contributed by atoms with van der Waals surface area (Å²) < 4.78 is 0. The number of thiazole rings is 1. The lowest BCUT2D eigenvalue weighted by Crippen LogP contribution is -2.37. The fraction of sp³-hybridized carbons (Fsp3) is 0.667. The topological polar surface area (TPSA) is 42.0 Å². The van der Waals surface area contributed by atoms with Crippen LogP contribution in [0.25, 0.3) is 0 Å². The van der Waals surface area contributed by atoms with E-state index in [1.807, 2.05) is 6.92 Å². The van der Waals surface area contributed by atoms with Gasteiger partial charge in [0.2, 0.25) is 0 Å². The summed E-state index contributed by atoms with van der Waals surface area (Å²) in [5.41, 5.74) is 2.82. The molecule has 1 aliphatic rings. The molecule has 0 radical (unpaired) electrons. The second-order valence-electron chi connectivity index (χ2n) is 4.79. The standard InChI is InChI=1S/C12H17BrN2OS/c1-9-10(17-8-15-9)11(16)14-7-12(6-13)4-2-3-5-12/h8H,2-7H2,1H3,(H,14,16). The van der Waals surface area contributed by atoms with Gasteiger partial charge in [-0.05, 0) is 25.2 Å². The number of nitrogens with zero attached hydrogens (tertiary/aromatic N) is 1. The largest absolute Gasteiger partial charge is 0.351 e. The number of halogens is 1. The Kier molecular flexibility index (Phi) is 4.20. The van der Waals surface area contributed by atoms with E-state index < -0.39 is 0 Å². The average Bonchev–Trinajstić information content (AvgIpc) is 2.95. The summed E-state index contributed by atoms with van der Waals surface area (Å²) in [6, 6.07) is 0. The minimum atomic E-state index is 0.0252. The first kappa shape index (κ1) is 13.0. The van der Waals surface area contributed by atoms with E-state index in [0.29, 0.717) is 0 Å². The van der Waals surface area contributed by atoms with E-state index in [4.69, 9.17) is 0 Å². The molecule has 1 aliphatic carbocycles. The second-order valence-corrected chi connectivity index (χ2v) is 6.21. The highest BCUT2D eigenvalue weighted by atomic mass is 79.9. The first-order valence-corrected chi connectivity index (χ1v) is 7.91. The normalized spacial score (nSPS) is 18.2. The van der Waals surface area contributed by atoms with E-state index in [0.717, 1.165) is 22.4 Å². The van der Waals surface area contributed by atoms with Crippen molar-refractivity contribution in [2.24, 2.45) is 5.41 Å². The number of nitrogens with one attached hydrogen (secondary N) is 1. The fourth-order valence-electron chi connectivity index (χ4n) is 2.35. The molecule has 2 rings (SSSR count). The zero-order valence-corrected chi connectivity index (χ0v) is 12.4. The van der Waals surface area contributed by atoms with Crippen molar-refractivity contribution in [1.29, 1.82) is 0 Å². The maximum atomic E-state index is 12.0. The molecular weight excluding hydrogens is 300 g/mol. The zero-order valence-electron chi connectivity index (χ0n) is 9.96. The van der Waals surface area contributed by atoms with Crippen molar-refractivity contribution in [3.8, 4) is 0 Å². The smallest absolute Gasteiger partial charge is 0.263 e. The molecule has 0 bridgehead atoms. The van der Waals surface area contributed by atoms with E-state index in [2.05, 4.69) is 26.2 Å². The van der Waals surface area contributed by atoms with Crippen molar-refractivity contribution in [2.45, 2.75) is 32.6 Å². The molecule has 0 aliphatic heterocycles. The molecule has 0 unspecified atom stereocenters. The van der Waals surface area contributed by atoms with Gasteiger partial charge in [-0.15, -0.1) is 11.3 Å². The van der Waals surface area contributed by atoms with Gasteiger partial charge in [0.1, 0.15) is 4.88 Å². The number of carbonyl (C=O) groups is 1. The van der Waals surface area contributed by atoms with E-state index in [-0.39, 0.29) is 11.3 Å². The molecule has 1 fully saturated rings. The molecule has 0 atom stereocenters. The molecule has 1 aromatic heterocycles. The summed E-state index contributed by atoms with van der Waals surface area (Å²) in [7, 11) is 0. The molecule has 1 aromatic rings. The van der Waals surface area contributed by atoms with Crippen LogP contribution in [0.3, 0.4) is 0 Å². The molecule has 3 nitrogen and oxygen atoms in total. The van der Waals surface area contributed by atoms with Crippen LogP contribution >= 0.6 is 27.3 Å². The van der Waals surface area contributed by atoms with Gasteiger partial charge in [0, 0.05) is 11.9 Å². The third-order valence-electron chi connectivity index (χ3n) is 3.52. The minimum Gasteiger partial charge on any atom is -0.351 e. The van der Waals surface area contributed by atoms with E-state index in [1.165, 1.54) is 37.0 Å². The second kappa shape index (κ2) is 5.48. The molecule has 1 saturated carbocycles. The lowest BCUT2D eigenvalue weighted by atomic mass is 9.89. The highest BCUT2D eigenvalue weighted by Crippen LogP contribution is 2.39. The number of carbonyl (C=O) groups excluding carboxylic acids is 1. The van der Waals surface area contributed by atoms with Crippen molar-refractivity contribution >= 4 is 33.2 Å². The number of amides is 1. The molecule has 1 amide bonds. The van der Waals surface area contributed by atoms with Crippen LogP contribution in [0.2, 0.25) is 0 Å². The molecule has 1 heterocycles. The van der Waals surface area contributed by atoms with E-state index in [1.54, 1.807) is 5.51 Å². The third kappa shape index (κ3) is 2.88. The van der Waals surface area contributed by atoms with Crippen molar-refractivity contribution in [1.82, 2.24) is 10.3 Å². The Morgan fingerprint density at radius 3 is 2.82 bits per heavy atom. The van der Waals surface area contributed by atoms with Gasteiger partial charge in [-0.1, -0.05) is 28.8 Å². The molecule has 0 aromatic carbocycles. The summed E-state index contributed by atoms with van der Waals surface area (Å²) in [6.45, 7) is 2.65. The molecule has 17 heavy (non-hydrogen) atoms. The molecule has 1 N–H and O–H groups in total. The Labute approximate surface area is 114 Å². The molecule has 0 spiro atoms. The number of hydrogen-bond acceptors (Lipinski definition) is 3. The molecule has 5 heteroatoms. The number of aromatic nitrogens is 1. The third-order valence-corrected chi connectivity index (χ3v) is 5.64. The first-order valence-electron chi connectivity index (χ1n) is 5.91. The fourth-order valence-corrected chi connectivity index (χ4v) is 3.83. The average molecular weight is 317 g/mol. The van der Waals surface area contributed by atoms with Gasteiger partial charge in [-0.3, -0.25) is 4.79 Å². The maximum absolute atomic E-state index is 12.0. The van der Waals surface area contributed by atoms with Gasteiger partial charge >= 0.3 is 0 Å². The number of alkyl halides is 1. The van der Waals surface area contributed by atoms with Gasteiger partial charge in [0.25, 0.3) is 5.91 Å². The van der Waals surface area contributed by atoms with Gasteiger partial charge in [-0.2, -0.15) is 0 Å². The van der Waals surface area contributed by atoms with Crippen molar-refractivity contribution < 1.29 is 4.79 Å². The molecule has 0 saturated heterocycles. The number of hydrogen-bond donors (Lipinski definition) is 1. The van der Waals surface area contributed by atoms with Gasteiger partial charge in [-0.25, -0.2) is 4.98 Å². The van der Waals surface area contributed by atoms with Crippen LogP contribution in [0.5, 0.6) is 0 Å². The zero-order chi connectivity index (χ0) is 12.3. The molecule has 94 valence electrons. The summed E-state index contributed by atoms with van der Waals surface area (Å²) in [5.74, 6) is 0.0252. The first-order chi connectivity index (χ1) is 8.17. The lowest BCUT2D eigenvalue weighted by Gasteiger charge is -2.26. The maximum Gasteiger partial charge on any atom is 0.263 e. The van der Waals surface area contributed by atoms with Crippen LogP contribution in [0.4, 0.5) is 0 Å². The monoisotopic (exact) mass is 316 g/mol. The van der Waals surface area contributed by atoms with Crippen LogP contribution in [-0.2, 0) is 0 Å². The van der Waals surface area contributed by atoms with Gasteiger partial charge in [0.15, 0.2) is 0 Å². The van der Waals surface area contributed by atoms with Crippen LogP contribution in [0.1, 0.15) is 41.0 Å². The van der Waals surface area contributed by atoms with Crippen LogP contribution in [-0.4, -0.2) is 22.8 Å². The van der Waals surface area contributed by atoms with Crippen LogP contribution in [0, 0.1) is 12.3 Å².